The Morgan fingerprint density at radius 2 is 1.91 bits per heavy atom. The first-order valence-electron chi connectivity index (χ1n) is 7.54. The number of nitrogens with zero attached hydrogens (tertiary/aromatic N) is 1. The normalized spacial score (nSPS) is 17.5. The Hall–Kier alpha value is -2.00. The van der Waals surface area contributed by atoms with Crippen molar-refractivity contribution >= 4 is 23.3 Å². The molecule has 2 aromatic rings. The largest absolute Gasteiger partial charge is 0.322 e. The maximum atomic E-state index is 12.6. The van der Waals surface area contributed by atoms with Crippen LogP contribution in [0.5, 0.6) is 0 Å². The predicted molar refractivity (Wildman–Crippen MR) is 90.3 cm³/mol. The number of hydrogen-bond acceptors (Lipinski definition) is 1. The summed E-state index contributed by atoms with van der Waals surface area (Å²) in [4.78, 5) is 14.5. The van der Waals surface area contributed by atoms with Gasteiger partial charge in [0.2, 0.25) is 0 Å². The van der Waals surface area contributed by atoms with Crippen molar-refractivity contribution in [3.05, 3.63) is 64.7 Å². The van der Waals surface area contributed by atoms with Gasteiger partial charge in [0.05, 0.1) is 6.04 Å². The summed E-state index contributed by atoms with van der Waals surface area (Å²) in [5.41, 5.74) is 3.25. The van der Waals surface area contributed by atoms with Crippen molar-refractivity contribution in [3.63, 3.8) is 0 Å². The van der Waals surface area contributed by atoms with E-state index in [1.807, 2.05) is 29.2 Å². The lowest BCUT2D eigenvalue weighted by atomic mass is 9.99. The van der Waals surface area contributed by atoms with Crippen LogP contribution in [0.3, 0.4) is 0 Å². The molecule has 0 aromatic heterocycles. The summed E-state index contributed by atoms with van der Waals surface area (Å²) in [6.45, 7) is 2.89. The van der Waals surface area contributed by atoms with Crippen LogP contribution in [0, 0.1) is 6.92 Å². The molecule has 2 amide bonds. The van der Waals surface area contributed by atoms with Crippen molar-refractivity contribution in [3.8, 4) is 0 Å². The predicted octanol–water partition coefficient (Wildman–Crippen LogP) is 5.02. The van der Waals surface area contributed by atoms with Crippen molar-refractivity contribution in [2.24, 2.45) is 0 Å². The van der Waals surface area contributed by atoms with Crippen LogP contribution in [0.2, 0.25) is 5.02 Å². The zero-order valence-electron chi connectivity index (χ0n) is 12.6. The molecule has 1 heterocycles. The van der Waals surface area contributed by atoms with Gasteiger partial charge in [-0.05, 0) is 55.2 Å². The molecule has 0 saturated carbocycles. The quantitative estimate of drug-likeness (QED) is 0.829. The Labute approximate surface area is 135 Å². The Morgan fingerprint density at radius 1 is 1.18 bits per heavy atom. The van der Waals surface area contributed by atoms with Gasteiger partial charge in [-0.3, -0.25) is 0 Å². The van der Waals surface area contributed by atoms with Gasteiger partial charge in [-0.25, -0.2) is 4.79 Å². The molecular weight excluding hydrogens is 296 g/mol. The van der Waals surface area contributed by atoms with Gasteiger partial charge in [-0.1, -0.05) is 35.9 Å². The number of urea groups is 1. The lowest BCUT2D eigenvalue weighted by Gasteiger charge is -2.26. The fraction of sp³-hybridized carbons (Fsp3) is 0.278. The Morgan fingerprint density at radius 3 is 2.64 bits per heavy atom. The van der Waals surface area contributed by atoms with E-state index >= 15 is 0 Å². The van der Waals surface area contributed by atoms with Gasteiger partial charge in [0.15, 0.2) is 0 Å². The number of halogens is 1. The summed E-state index contributed by atoms with van der Waals surface area (Å²) in [7, 11) is 0. The maximum absolute atomic E-state index is 12.6. The van der Waals surface area contributed by atoms with E-state index in [1.165, 1.54) is 11.1 Å². The summed E-state index contributed by atoms with van der Waals surface area (Å²) in [6.07, 6.45) is 2.05. The van der Waals surface area contributed by atoms with Gasteiger partial charge in [0, 0.05) is 17.3 Å². The standard InChI is InChI=1S/C18H19ClN2O/c1-13-5-2-3-6-16(13)17-7-4-12-21(17)18(22)20-15-10-8-14(19)9-11-15/h2-3,5-6,8-11,17H,4,7,12H2,1H3,(H,20,22). The molecule has 2 aromatic carbocycles. The summed E-state index contributed by atoms with van der Waals surface area (Å²) in [5, 5.41) is 3.62. The molecule has 1 aliphatic heterocycles. The van der Waals surface area contributed by atoms with Crippen LogP contribution < -0.4 is 5.32 Å². The first-order valence-corrected chi connectivity index (χ1v) is 7.91. The number of likely N-dealkylation sites (tertiary alicyclic amines) is 1. The molecule has 1 fully saturated rings. The molecule has 1 unspecified atom stereocenters. The molecule has 0 aliphatic carbocycles. The fourth-order valence-electron chi connectivity index (χ4n) is 3.02. The molecule has 4 heteroatoms. The van der Waals surface area contributed by atoms with E-state index in [4.69, 9.17) is 11.6 Å². The molecular formula is C18H19ClN2O. The summed E-state index contributed by atoms with van der Waals surface area (Å²) in [5.74, 6) is 0. The number of benzene rings is 2. The second kappa shape index (κ2) is 6.41. The number of amides is 2. The summed E-state index contributed by atoms with van der Waals surface area (Å²) in [6, 6.07) is 15.6. The molecule has 1 N–H and O–H groups in total. The summed E-state index contributed by atoms with van der Waals surface area (Å²) < 4.78 is 0. The minimum absolute atomic E-state index is 0.0481. The highest BCUT2D eigenvalue weighted by Gasteiger charge is 2.30. The van der Waals surface area contributed by atoms with Crippen LogP contribution in [-0.2, 0) is 0 Å². The Balaban J connectivity index is 1.76. The lowest BCUT2D eigenvalue weighted by Crippen LogP contribution is -2.34. The minimum Gasteiger partial charge on any atom is -0.317 e. The van der Waals surface area contributed by atoms with E-state index < -0.39 is 0 Å². The molecule has 0 radical (unpaired) electrons. The van der Waals surface area contributed by atoms with Crippen LogP contribution in [0.15, 0.2) is 48.5 Å². The van der Waals surface area contributed by atoms with Crippen molar-refractivity contribution in [1.82, 2.24) is 4.90 Å². The molecule has 1 atom stereocenters. The third-order valence-corrected chi connectivity index (χ3v) is 4.41. The van der Waals surface area contributed by atoms with Crippen molar-refractivity contribution < 1.29 is 4.79 Å². The summed E-state index contributed by atoms with van der Waals surface area (Å²) >= 11 is 5.87. The van der Waals surface area contributed by atoms with Crippen molar-refractivity contribution in [2.75, 3.05) is 11.9 Å². The molecule has 22 heavy (non-hydrogen) atoms. The molecule has 114 valence electrons. The molecule has 1 aliphatic rings. The Kier molecular flexibility index (Phi) is 4.34. The number of carbonyl (C=O) groups is 1. The van der Waals surface area contributed by atoms with Gasteiger partial charge >= 0.3 is 6.03 Å². The van der Waals surface area contributed by atoms with Gasteiger partial charge in [0.1, 0.15) is 0 Å². The van der Waals surface area contributed by atoms with E-state index in [9.17, 15) is 4.79 Å². The van der Waals surface area contributed by atoms with Crippen LogP contribution in [-0.4, -0.2) is 17.5 Å². The first kappa shape index (κ1) is 14.9. The van der Waals surface area contributed by atoms with Gasteiger partial charge in [-0.15, -0.1) is 0 Å². The molecule has 0 spiro atoms. The van der Waals surface area contributed by atoms with Gasteiger partial charge in [0.25, 0.3) is 0 Å². The van der Waals surface area contributed by atoms with Crippen molar-refractivity contribution in [1.29, 1.82) is 0 Å². The number of nitrogens with one attached hydrogen (secondary N) is 1. The fourth-order valence-corrected chi connectivity index (χ4v) is 3.15. The first-order chi connectivity index (χ1) is 10.6. The molecule has 0 bridgehead atoms. The van der Waals surface area contributed by atoms with Crippen LogP contribution >= 0.6 is 11.6 Å². The average Bonchev–Trinajstić information content (AvgIpc) is 2.99. The third-order valence-electron chi connectivity index (χ3n) is 4.16. The van der Waals surface area contributed by atoms with Gasteiger partial charge < -0.3 is 10.2 Å². The van der Waals surface area contributed by atoms with E-state index in [0.717, 1.165) is 25.1 Å². The smallest absolute Gasteiger partial charge is 0.317 e. The van der Waals surface area contributed by atoms with Crippen LogP contribution in [0.25, 0.3) is 0 Å². The topological polar surface area (TPSA) is 32.3 Å². The van der Waals surface area contributed by atoms with E-state index in [0.29, 0.717) is 5.02 Å². The number of carbonyl (C=O) groups excluding carboxylic acids is 1. The second-order valence-corrected chi connectivity index (χ2v) is 6.08. The van der Waals surface area contributed by atoms with Crippen LogP contribution in [0.1, 0.15) is 30.0 Å². The molecule has 3 rings (SSSR count). The third kappa shape index (κ3) is 3.09. The highest BCUT2D eigenvalue weighted by atomic mass is 35.5. The average molecular weight is 315 g/mol. The SMILES string of the molecule is Cc1ccccc1C1CCCN1C(=O)Nc1ccc(Cl)cc1. The highest BCUT2D eigenvalue weighted by molar-refractivity contribution is 6.30. The second-order valence-electron chi connectivity index (χ2n) is 5.65. The van der Waals surface area contributed by atoms with Crippen molar-refractivity contribution in [2.45, 2.75) is 25.8 Å². The van der Waals surface area contributed by atoms with E-state index in [1.54, 1.807) is 12.1 Å². The maximum Gasteiger partial charge on any atom is 0.322 e. The number of aryl methyl sites for hydroxylation is 1. The van der Waals surface area contributed by atoms with Crippen LogP contribution in [0.4, 0.5) is 10.5 Å². The van der Waals surface area contributed by atoms with Gasteiger partial charge in [-0.2, -0.15) is 0 Å². The molecule has 3 nitrogen and oxygen atoms in total. The van der Waals surface area contributed by atoms with E-state index in [-0.39, 0.29) is 12.1 Å². The highest BCUT2D eigenvalue weighted by Crippen LogP contribution is 2.34. The van der Waals surface area contributed by atoms with E-state index in [2.05, 4.69) is 24.4 Å². The number of anilines is 1. The lowest BCUT2D eigenvalue weighted by molar-refractivity contribution is 0.207. The zero-order chi connectivity index (χ0) is 15.5. The Bertz CT molecular complexity index is 669. The minimum atomic E-state index is -0.0481. The number of rotatable bonds is 2. The monoisotopic (exact) mass is 314 g/mol. The molecule has 1 saturated heterocycles. The number of hydrogen-bond donors (Lipinski definition) is 1. The zero-order valence-corrected chi connectivity index (χ0v) is 13.3.